The molecule has 3 aromatic rings. The number of hydrogen-bond acceptors (Lipinski definition) is 5. The SMILES string of the molecule is O=C(CCCN1C(=O)c2cccc3cccc(c23)C1=O)Nc1ccc(N2CCOCC2)cc1. The number of benzene rings is 3. The van der Waals surface area contributed by atoms with Crippen molar-refractivity contribution in [1.29, 1.82) is 0 Å². The molecular weight excluding hydrogens is 418 g/mol. The van der Waals surface area contributed by atoms with E-state index in [1.54, 1.807) is 12.1 Å². The number of nitrogens with one attached hydrogen (secondary N) is 1. The van der Waals surface area contributed by atoms with Crippen LogP contribution in [0.4, 0.5) is 11.4 Å². The van der Waals surface area contributed by atoms with Crippen LogP contribution in [0.3, 0.4) is 0 Å². The molecule has 0 aromatic heterocycles. The maximum absolute atomic E-state index is 12.9. The van der Waals surface area contributed by atoms with Crippen molar-refractivity contribution in [2.24, 2.45) is 0 Å². The first-order valence-electron chi connectivity index (χ1n) is 11.2. The van der Waals surface area contributed by atoms with E-state index in [0.29, 0.717) is 22.9 Å². The number of carbonyl (C=O) groups excluding carboxylic acids is 3. The molecule has 2 heterocycles. The van der Waals surface area contributed by atoms with Crippen LogP contribution in [-0.4, -0.2) is 55.5 Å². The van der Waals surface area contributed by atoms with E-state index in [0.717, 1.165) is 43.1 Å². The standard InChI is InChI=1S/C26H25N3O4/c30-23(27-19-9-11-20(12-10-19)28-14-16-33-17-15-28)8-3-13-29-25(31)21-6-1-4-18-5-2-7-22(24(18)21)26(29)32/h1-2,4-7,9-12H,3,8,13-17H2,(H,27,30). The molecule has 0 atom stereocenters. The molecule has 0 spiro atoms. The molecule has 1 fully saturated rings. The monoisotopic (exact) mass is 443 g/mol. The third-order valence-corrected chi connectivity index (χ3v) is 6.17. The van der Waals surface area contributed by atoms with E-state index in [9.17, 15) is 14.4 Å². The van der Waals surface area contributed by atoms with Crippen LogP contribution in [0, 0.1) is 0 Å². The van der Waals surface area contributed by atoms with Crippen molar-refractivity contribution in [2.45, 2.75) is 12.8 Å². The highest BCUT2D eigenvalue weighted by atomic mass is 16.5. The highest BCUT2D eigenvalue weighted by Crippen LogP contribution is 2.30. The van der Waals surface area contributed by atoms with Crippen LogP contribution >= 0.6 is 0 Å². The highest BCUT2D eigenvalue weighted by molar-refractivity contribution is 6.25. The van der Waals surface area contributed by atoms with Crippen molar-refractivity contribution in [2.75, 3.05) is 43.1 Å². The third-order valence-electron chi connectivity index (χ3n) is 6.17. The van der Waals surface area contributed by atoms with Crippen molar-refractivity contribution in [3.63, 3.8) is 0 Å². The minimum absolute atomic E-state index is 0.145. The minimum atomic E-state index is -0.302. The molecule has 0 saturated carbocycles. The van der Waals surface area contributed by atoms with Crippen LogP contribution in [0.25, 0.3) is 10.8 Å². The molecule has 0 unspecified atom stereocenters. The van der Waals surface area contributed by atoms with Gasteiger partial charge in [-0.3, -0.25) is 19.3 Å². The summed E-state index contributed by atoms with van der Waals surface area (Å²) in [5, 5.41) is 4.49. The summed E-state index contributed by atoms with van der Waals surface area (Å²) in [6, 6.07) is 18.7. The topological polar surface area (TPSA) is 79.0 Å². The summed E-state index contributed by atoms with van der Waals surface area (Å²) in [6.45, 7) is 3.37. The lowest BCUT2D eigenvalue weighted by atomic mass is 9.94. The maximum Gasteiger partial charge on any atom is 0.261 e. The van der Waals surface area contributed by atoms with Crippen LogP contribution in [-0.2, 0) is 9.53 Å². The van der Waals surface area contributed by atoms with E-state index < -0.39 is 0 Å². The van der Waals surface area contributed by atoms with Gasteiger partial charge in [0.1, 0.15) is 0 Å². The van der Waals surface area contributed by atoms with Crippen LogP contribution in [0.1, 0.15) is 33.6 Å². The number of carbonyl (C=O) groups is 3. The van der Waals surface area contributed by atoms with Gasteiger partial charge in [-0.25, -0.2) is 0 Å². The van der Waals surface area contributed by atoms with Crippen molar-refractivity contribution >= 4 is 39.9 Å². The van der Waals surface area contributed by atoms with E-state index in [-0.39, 0.29) is 30.7 Å². The molecule has 7 nitrogen and oxygen atoms in total. The number of morpholine rings is 1. The molecular formula is C26H25N3O4. The van der Waals surface area contributed by atoms with Gasteiger partial charge >= 0.3 is 0 Å². The molecule has 5 rings (SSSR count). The van der Waals surface area contributed by atoms with Gasteiger partial charge in [-0.2, -0.15) is 0 Å². The molecule has 7 heteroatoms. The summed E-state index contributed by atoms with van der Waals surface area (Å²) in [7, 11) is 0. The lowest BCUT2D eigenvalue weighted by Crippen LogP contribution is -2.41. The number of amides is 3. The summed E-state index contributed by atoms with van der Waals surface area (Å²) in [5.41, 5.74) is 2.90. The molecule has 0 aliphatic carbocycles. The van der Waals surface area contributed by atoms with Crippen molar-refractivity contribution in [3.8, 4) is 0 Å². The normalized spacial score (nSPS) is 15.8. The largest absolute Gasteiger partial charge is 0.378 e. The molecule has 2 aliphatic heterocycles. The Morgan fingerprint density at radius 2 is 1.52 bits per heavy atom. The first-order chi connectivity index (χ1) is 16.1. The quantitative estimate of drug-likeness (QED) is 0.588. The van der Waals surface area contributed by atoms with Gasteiger partial charge in [-0.05, 0) is 48.2 Å². The first-order valence-corrected chi connectivity index (χ1v) is 11.2. The van der Waals surface area contributed by atoms with Gasteiger partial charge in [0.25, 0.3) is 11.8 Å². The summed E-state index contributed by atoms with van der Waals surface area (Å²) in [5.74, 6) is -0.750. The second-order valence-electron chi connectivity index (χ2n) is 8.27. The molecule has 168 valence electrons. The maximum atomic E-state index is 12.9. The summed E-state index contributed by atoms with van der Waals surface area (Å²) < 4.78 is 5.38. The van der Waals surface area contributed by atoms with Crippen LogP contribution in [0.5, 0.6) is 0 Å². The molecule has 1 saturated heterocycles. The first kappa shape index (κ1) is 21.2. The smallest absolute Gasteiger partial charge is 0.261 e. The summed E-state index contributed by atoms with van der Waals surface area (Å²) >= 11 is 0. The van der Waals surface area contributed by atoms with E-state index >= 15 is 0 Å². The zero-order chi connectivity index (χ0) is 22.8. The highest BCUT2D eigenvalue weighted by Gasteiger charge is 2.32. The molecule has 3 aromatic carbocycles. The fraction of sp³-hybridized carbons (Fsp3) is 0.269. The zero-order valence-corrected chi connectivity index (χ0v) is 18.3. The number of hydrogen-bond donors (Lipinski definition) is 1. The van der Waals surface area contributed by atoms with Crippen LogP contribution in [0.15, 0.2) is 60.7 Å². The predicted molar refractivity (Wildman–Crippen MR) is 127 cm³/mol. The van der Waals surface area contributed by atoms with Crippen molar-refractivity contribution < 1.29 is 19.1 Å². The Kier molecular flexibility index (Phi) is 5.79. The Bertz CT molecular complexity index is 1170. The molecule has 2 aliphatic rings. The van der Waals surface area contributed by atoms with Crippen LogP contribution < -0.4 is 10.2 Å². The lowest BCUT2D eigenvalue weighted by Gasteiger charge is -2.28. The minimum Gasteiger partial charge on any atom is -0.378 e. The summed E-state index contributed by atoms with van der Waals surface area (Å²) in [4.78, 5) is 41.8. The molecule has 0 bridgehead atoms. The van der Waals surface area contributed by atoms with Crippen molar-refractivity contribution in [3.05, 3.63) is 71.8 Å². The average molecular weight is 444 g/mol. The average Bonchev–Trinajstić information content (AvgIpc) is 2.85. The van der Waals surface area contributed by atoms with Crippen LogP contribution in [0.2, 0.25) is 0 Å². The number of imide groups is 1. The van der Waals surface area contributed by atoms with E-state index in [4.69, 9.17) is 4.74 Å². The number of ether oxygens (including phenoxy) is 1. The van der Waals surface area contributed by atoms with E-state index in [1.165, 1.54) is 4.90 Å². The second-order valence-corrected chi connectivity index (χ2v) is 8.27. The van der Waals surface area contributed by atoms with Gasteiger partial charge in [0.15, 0.2) is 0 Å². The summed E-state index contributed by atoms with van der Waals surface area (Å²) in [6.07, 6.45) is 0.613. The Labute approximate surface area is 191 Å². The number of nitrogens with zero attached hydrogens (tertiary/aromatic N) is 2. The van der Waals surface area contributed by atoms with Gasteiger partial charge in [-0.15, -0.1) is 0 Å². The van der Waals surface area contributed by atoms with E-state index in [2.05, 4.69) is 10.2 Å². The van der Waals surface area contributed by atoms with Gasteiger partial charge < -0.3 is 15.0 Å². The Hall–Kier alpha value is -3.71. The molecule has 33 heavy (non-hydrogen) atoms. The van der Waals surface area contributed by atoms with Gasteiger partial charge in [-0.1, -0.05) is 24.3 Å². The Morgan fingerprint density at radius 3 is 2.15 bits per heavy atom. The van der Waals surface area contributed by atoms with Gasteiger partial charge in [0, 0.05) is 53.9 Å². The number of rotatable bonds is 6. The lowest BCUT2D eigenvalue weighted by molar-refractivity contribution is -0.116. The van der Waals surface area contributed by atoms with Gasteiger partial charge in [0.05, 0.1) is 13.2 Å². The Morgan fingerprint density at radius 1 is 0.879 bits per heavy atom. The third kappa shape index (κ3) is 4.19. The van der Waals surface area contributed by atoms with Gasteiger partial charge in [0.2, 0.25) is 5.91 Å². The van der Waals surface area contributed by atoms with Crippen molar-refractivity contribution in [1.82, 2.24) is 4.90 Å². The predicted octanol–water partition coefficient (Wildman–Crippen LogP) is 3.69. The fourth-order valence-electron chi connectivity index (χ4n) is 4.48. The molecule has 0 radical (unpaired) electrons. The fourth-order valence-corrected chi connectivity index (χ4v) is 4.48. The molecule has 1 N–H and O–H groups in total. The number of anilines is 2. The second kappa shape index (κ2) is 9.03. The van der Waals surface area contributed by atoms with E-state index in [1.807, 2.05) is 48.5 Å². The molecule has 3 amide bonds. The zero-order valence-electron chi connectivity index (χ0n) is 18.3. The Balaban J connectivity index is 1.17.